The summed E-state index contributed by atoms with van der Waals surface area (Å²) in [5.41, 5.74) is 2.85. The molecule has 2 aliphatic rings. The van der Waals surface area contributed by atoms with E-state index >= 15 is 0 Å². The second-order valence-corrected chi connectivity index (χ2v) is 10.2. The first-order chi connectivity index (χ1) is 15.4. The third kappa shape index (κ3) is 4.64. The lowest BCUT2D eigenvalue weighted by molar-refractivity contribution is -0.139. The van der Waals surface area contributed by atoms with Gasteiger partial charge in [-0.25, -0.2) is 8.42 Å². The van der Waals surface area contributed by atoms with Crippen molar-refractivity contribution in [3.63, 3.8) is 0 Å². The molecule has 1 amide bonds. The van der Waals surface area contributed by atoms with Crippen LogP contribution in [0.25, 0.3) is 0 Å². The maximum atomic E-state index is 13.2. The van der Waals surface area contributed by atoms with Crippen molar-refractivity contribution in [3.05, 3.63) is 59.2 Å². The average molecular weight is 454 g/mol. The van der Waals surface area contributed by atoms with Crippen LogP contribution in [0.3, 0.4) is 0 Å². The Morgan fingerprint density at radius 1 is 1.03 bits per heavy atom. The molecule has 1 fully saturated rings. The van der Waals surface area contributed by atoms with Crippen molar-refractivity contribution in [2.45, 2.75) is 43.6 Å². The Morgan fingerprint density at radius 3 is 2.47 bits per heavy atom. The molecule has 168 valence electrons. The lowest BCUT2D eigenvalue weighted by atomic mass is 9.92. The molecule has 2 aromatic carbocycles. The Kier molecular flexibility index (Phi) is 6.49. The van der Waals surface area contributed by atoms with Gasteiger partial charge in [0.2, 0.25) is 10.0 Å². The predicted octanol–water partition coefficient (Wildman–Crippen LogP) is 2.74. The summed E-state index contributed by atoms with van der Waals surface area (Å²) in [5, 5.41) is 9.01. The highest BCUT2D eigenvalue weighted by molar-refractivity contribution is 7.89. The Labute approximate surface area is 189 Å². The van der Waals surface area contributed by atoms with Crippen molar-refractivity contribution in [2.24, 2.45) is 0 Å². The maximum Gasteiger partial charge on any atom is 0.263 e. The Morgan fingerprint density at radius 2 is 1.75 bits per heavy atom. The molecule has 4 rings (SSSR count). The topological polar surface area (TPSA) is 90.7 Å². The molecule has 0 N–H and O–H groups in total. The summed E-state index contributed by atoms with van der Waals surface area (Å²) in [5.74, 6) is 0.261. The fourth-order valence-electron chi connectivity index (χ4n) is 4.32. The second kappa shape index (κ2) is 9.31. The molecule has 32 heavy (non-hydrogen) atoms. The number of hydrogen-bond acceptors (Lipinski definition) is 5. The number of nitriles is 1. The van der Waals surface area contributed by atoms with Crippen molar-refractivity contribution in [1.29, 1.82) is 5.26 Å². The van der Waals surface area contributed by atoms with Gasteiger partial charge in [0, 0.05) is 26.2 Å². The first kappa shape index (κ1) is 22.3. The second-order valence-electron chi connectivity index (χ2n) is 8.27. The van der Waals surface area contributed by atoms with Gasteiger partial charge in [-0.05, 0) is 74.1 Å². The highest BCUT2D eigenvalue weighted by Gasteiger charge is 2.32. The molecule has 1 aliphatic heterocycles. The zero-order chi connectivity index (χ0) is 22.7. The fourth-order valence-corrected chi connectivity index (χ4v) is 5.79. The Hall–Kier alpha value is -2.89. The Bertz CT molecular complexity index is 1150. The van der Waals surface area contributed by atoms with Gasteiger partial charge in [-0.2, -0.15) is 9.57 Å². The normalized spacial score (nSPS) is 17.8. The van der Waals surface area contributed by atoms with E-state index in [1.165, 1.54) is 9.87 Å². The van der Waals surface area contributed by atoms with Gasteiger partial charge < -0.3 is 9.64 Å². The highest BCUT2D eigenvalue weighted by Crippen LogP contribution is 2.26. The first-order valence-electron chi connectivity index (χ1n) is 11.0. The zero-order valence-corrected chi connectivity index (χ0v) is 19.0. The monoisotopic (exact) mass is 453 g/mol. The van der Waals surface area contributed by atoms with Gasteiger partial charge in [0.05, 0.1) is 16.5 Å². The number of carbonyl (C=O) groups is 1. The largest absolute Gasteiger partial charge is 0.481 e. The van der Waals surface area contributed by atoms with Gasteiger partial charge in [0.15, 0.2) is 6.10 Å². The molecular weight excluding hydrogens is 426 g/mol. The van der Waals surface area contributed by atoms with Crippen LogP contribution in [-0.2, 0) is 27.7 Å². The molecule has 2 aromatic rings. The van der Waals surface area contributed by atoms with Gasteiger partial charge >= 0.3 is 0 Å². The van der Waals surface area contributed by atoms with Crippen LogP contribution in [0.2, 0.25) is 0 Å². The number of ether oxygens (including phenoxy) is 1. The standard InChI is InChI=1S/C24H27N3O4S/c1-18(31-22-8-4-5-19(15-22)17-25)24(28)26-11-13-27(14-12-26)32(29,30)23-10-9-20-6-2-3-7-21(20)16-23/h4-5,8-10,15-16,18H,2-3,6-7,11-14H2,1H3. The van der Waals surface area contributed by atoms with Crippen molar-refractivity contribution in [2.75, 3.05) is 26.2 Å². The van der Waals surface area contributed by atoms with E-state index < -0.39 is 16.1 Å². The van der Waals surface area contributed by atoms with E-state index in [-0.39, 0.29) is 19.0 Å². The third-order valence-corrected chi connectivity index (χ3v) is 8.03. The van der Waals surface area contributed by atoms with Crippen LogP contribution >= 0.6 is 0 Å². The van der Waals surface area contributed by atoms with Crippen LogP contribution in [0.4, 0.5) is 0 Å². The van der Waals surface area contributed by atoms with Gasteiger partial charge in [-0.1, -0.05) is 12.1 Å². The number of nitrogens with zero attached hydrogens (tertiary/aromatic N) is 3. The van der Waals surface area contributed by atoms with Crippen molar-refractivity contribution in [3.8, 4) is 11.8 Å². The zero-order valence-electron chi connectivity index (χ0n) is 18.2. The predicted molar refractivity (Wildman–Crippen MR) is 120 cm³/mol. The summed E-state index contributed by atoms with van der Waals surface area (Å²) in [6, 6.07) is 14.2. The molecule has 0 aromatic heterocycles. The first-order valence-corrected chi connectivity index (χ1v) is 12.4. The van der Waals surface area contributed by atoms with Crippen LogP contribution in [0.15, 0.2) is 47.4 Å². The van der Waals surface area contributed by atoms with E-state index in [4.69, 9.17) is 10.00 Å². The number of rotatable bonds is 5. The van der Waals surface area contributed by atoms with E-state index in [2.05, 4.69) is 0 Å². The number of amides is 1. The van der Waals surface area contributed by atoms with Crippen LogP contribution in [-0.4, -0.2) is 55.8 Å². The van der Waals surface area contributed by atoms with Crippen molar-refractivity contribution in [1.82, 2.24) is 9.21 Å². The minimum atomic E-state index is -3.59. The van der Waals surface area contributed by atoms with Gasteiger partial charge in [0.1, 0.15) is 5.75 Å². The molecule has 0 saturated carbocycles. The third-order valence-electron chi connectivity index (χ3n) is 6.13. The van der Waals surface area contributed by atoms with E-state index in [9.17, 15) is 13.2 Å². The van der Waals surface area contributed by atoms with Crippen LogP contribution < -0.4 is 4.74 Å². The lowest BCUT2D eigenvalue weighted by Crippen LogP contribution is -2.53. The molecule has 0 bridgehead atoms. The molecule has 1 unspecified atom stereocenters. The number of carbonyl (C=O) groups excluding carboxylic acids is 1. The minimum Gasteiger partial charge on any atom is -0.481 e. The molecule has 1 atom stereocenters. The molecule has 8 heteroatoms. The van der Waals surface area contributed by atoms with E-state index in [0.29, 0.717) is 29.3 Å². The molecule has 1 heterocycles. The summed E-state index contributed by atoms with van der Waals surface area (Å²) in [6.07, 6.45) is 3.46. The van der Waals surface area contributed by atoms with Crippen LogP contribution in [0.1, 0.15) is 36.5 Å². The number of sulfonamides is 1. The maximum absolute atomic E-state index is 13.2. The molecule has 0 spiro atoms. The number of aryl methyl sites for hydroxylation is 2. The minimum absolute atomic E-state index is 0.196. The molecular formula is C24H27N3O4S. The smallest absolute Gasteiger partial charge is 0.263 e. The van der Waals surface area contributed by atoms with E-state index in [0.717, 1.165) is 31.2 Å². The fraction of sp³-hybridized carbons (Fsp3) is 0.417. The van der Waals surface area contributed by atoms with E-state index in [1.54, 1.807) is 42.2 Å². The molecule has 1 saturated heterocycles. The molecule has 7 nitrogen and oxygen atoms in total. The SMILES string of the molecule is CC(Oc1cccc(C#N)c1)C(=O)N1CCN(S(=O)(=O)c2ccc3c(c2)CCCC3)CC1. The number of fused-ring (bicyclic) bond motifs is 1. The van der Waals surface area contributed by atoms with Gasteiger partial charge in [-0.15, -0.1) is 0 Å². The van der Waals surface area contributed by atoms with Gasteiger partial charge in [0.25, 0.3) is 5.91 Å². The Balaban J connectivity index is 1.37. The lowest BCUT2D eigenvalue weighted by Gasteiger charge is -2.35. The highest BCUT2D eigenvalue weighted by atomic mass is 32.2. The summed E-state index contributed by atoms with van der Waals surface area (Å²) in [6.45, 7) is 2.80. The van der Waals surface area contributed by atoms with Crippen LogP contribution in [0.5, 0.6) is 5.75 Å². The van der Waals surface area contributed by atoms with E-state index in [1.807, 2.05) is 18.2 Å². The number of piperazine rings is 1. The number of hydrogen-bond donors (Lipinski definition) is 0. The summed E-state index contributed by atoms with van der Waals surface area (Å²) in [7, 11) is -3.59. The summed E-state index contributed by atoms with van der Waals surface area (Å²) < 4.78 is 33.5. The average Bonchev–Trinajstić information content (AvgIpc) is 2.83. The quantitative estimate of drug-likeness (QED) is 0.694. The molecule has 1 aliphatic carbocycles. The van der Waals surface area contributed by atoms with Gasteiger partial charge in [-0.3, -0.25) is 4.79 Å². The number of benzene rings is 2. The molecule has 0 radical (unpaired) electrons. The van der Waals surface area contributed by atoms with Crippen LogP contribution in [0, 0.1) is 11.3 Å². The van der Waals surface area contributed by atoms with Crippen molar-refractivity contribution < 1.29 is 17.9 Å². The van der Waals surface area contributed by atoms with Crippen molar-refractivity contribution >= 4 is 15.9 Å². The summed E-state index contributed by atoms with van der Waals surface area (Å²) in [4.78, 5) is 14.8. The summed E-state index contributed by atoms with van der Waals surface area (Å²) >= 11 is 0.